The Balaban J connectivity index is 2.24. The summed E-state index contributed by atoms with van der Waals surface area (Å²) in [4.78, 5) is 25.9. The summed E-state index contributed by atoms with van der Waals surface area (Å²) in [5.41, 5.74) is 1.90. The second-order valence-corrected chi connectivity index (χ2v) is 3.90. The van der Waals surface area contributed by atoms with Crippen molar-refractivity contribution in [2.75, 3.05) is 5.32 Å². The van der Waals surface area contributed by atoms with E-state index in [4.69, 9.17) is 0 Å². The molecule has 0 aliphatic heterocycles. The van der Waals surface area contributed by atoms with E-state index in [0.717, 1.165) is 17.7 Å². The van der Waals surface area contributed by atoms with Crippen LogP contribution in [0, 0.1) is 0 Å². The van der Waals surface area contributed by atoms with E-state index in [0.29, 0.717) is 0 Å². The van der Waals surface area contributed by atoms with Gasteiger partial charge < -0.3 is 10.3 Å². The van der Waals surface area contributed by atoms with Crippen molar-refractivity contribution in [2.45, 2.75) is 13.3 Å². The zero-order valence-electron chi connectivity index (χ0n) is 10.1. The molecule has 2 rings (SSSR count). The van der Waals surface area contributed by atoms with Gasteiger partial charge in [0.05, 0.1) is 0 Å². The Bertz CT molecular complexity index is 617. The molecule has 0 saturated heterocycles. The quantitative estimate of drug-likeness (QED) is 0.866. The maximum absolute atomic E-state index is 12.0. The fourth-order valence-electron chi connectivity index (χ4n) is 1.72. The van der Waals surface area contributed by atoms with Crippen LogP contribution in [0.25, 0.3) is 0 Å². The summed E-state index contributed by atoms with van der Waals surface area (Å²) in [5, 5.41) is 2.80. The SMILES string of the molecule is CCc1ccccc1NC(=O)c1cc(=O)cc[nH]1. The molecule has 4 nitrogen and oxygen atoms in total. The highest BCUT2D eigenvalue weighted by molar-refractivity contribution is 6.03. The Kier molecular flexibility index (Phi) is 3.57. The van der Waals surface area contributed by atoms with E-state index in [-0.39, 0.29) is 17.0 Å². The van der Waals surface area contributed by atoms with Crippen LogP contribution in [0.2, 0.25) is 0 Å². The maximum atomic E-state index is 12.0. The molecule has 0 fully saturated rings. The van der Waals surface area contributed by atoms with Crippen LogP contribution < -0.4 is 10.7 Å². The monoisotopic (exact) mass is 242 g/mol. The highest BCUT2D eigenvalue weighted by atomic mass is 16.2. The van der Waals surface area contributed by atoms with Crippen molar-refractivity contribution < 1.29 is 4.79 Å². The van der Waals surface area contributed by atoms with Crippen molar-refractivity contribution in [2.24, 2.45) is 0 Å². The van der Waals surface area contributed by atoms with Gasteiger partial charge in [0.1, 0.15) is 5.69 Å². The Labute approximate surface area is 105 Å². The van der Waals surface area contributed by atoms with Gasteiger partial charge in [0.15, 0.2) is 5.43 Å². The number of amides is 1. The molecule has 1 aromatic carbocycles. The summed E-state index contributed by atoms with van der Waals surface area (Å²) in [6, 6.07) is 10.3. The average Bonchev–Trinajstić information content (AvgIpc) is 2.39. The standard InChI is InChI=1S/C14H14N2O2/c1-2-10-5-3-4-6-12(10)16-14(18)13-9-11(17)7-8-15-13/h3-9H,2H2,1H3,(H,15,17)(H,16,18). The smallest absolute Gasteiger partial charge is 0.272 e. The first-order valence-corrected chi connectivity index (χ1v) is 5.78. The fourth-order valence-corrected chi connectivity index (χ4v) is 1.72. The number of rotatable bonds is 3. The maximum Gasteiger partial charge on any atom is 0.272 e. The summed E-state index contributed by atoms with van der Waals surface area (Å²) in [7, 11) is 0. The number of carbonyl (C=O) groups excluding carboxylic acids is 1. The summed E-state index contributed by atoms with van der Waals surface area (Å²) in [6.07, 6.45) is 2.30. The second-order valence-electron chi connectivity index (χ2n) is 3.90. The van der Waals surface area contributed by atoms with Crippen molar-refractivity contribution in [3.8, 4) is 0 Å². The lowest BCUT2D eigenvalue weighted by molar-refractivity contribution is 0.102. The van der Waals surface area contributed by atoms with Gasteiger partial charge in [0.2, 0.25) is 0 Å². The van der Waals surface area contributed by atoms with Crippen LogP contribution >= 0.6 is 0 Å². The zero-order valence-corrected chi connectivity index (χ0v) is 10.1. The first kappa shape index (κ1) is 12.1. The van der Waals surface area contributed by atoms with Crippen LogP contribution in [0.3, 0.4) is 0 Å². The summed E-state index contributed by atoms with van der Waals surface area (Å²) in [6.45, 7) is 2.02. The number of H-pyrrole nitrogens is 1. The number of para-hydroxylation sites is 1. The van der Waals surface area contributed by atoms with Crippen LogP contribution in [-0.4, -0.2) is 10.9 Å². The van der Waals surface area contributed by atoms with E-state index in [1.165, 1.54) is 18.3 Å². The van der Waals surface area contributed by atoms with Crippen molar-refractivity contribution in [3.05, 3.63) is 64.1 Å². The van der Waals surface area contributed by atoms with Gasteiger partial charge >= 0.3 is 0 Å². The van der Waals surface area contributed by atoms with Gasteiger partial charge in [-0.2, -0.15) is 0 Å². The molecular weight excluding hydrogens is 228 g/mol. The number of aryl methyl sites for hydroxylation is 1. The number of anilines is 1. The summed E-state index contributed by atoms with van der Waals surface area (Å²) >= 11 is 0. The topological polar surface area (TPSA) is 62.0 Å². The normalized spacial score (nSPS) is 10.1. The number of aromatic nitrogens is 1. The molecule has 0 spiro atoms. The molecule has 92 valence electrons. The minimum absolute atomic E-state index is 0.192. The molecule has 0 aliphatic rings. The fraction of sp³-hybridized carbons (Fsp3) is 0.143. The second kappa shape index (κ2) is 5.31. The van der Waals surface area contributed by atoms with E-state index >= 15 is 0 Å². The Morgan fingerprint density at radius 2 is 2.06 bits per heavy atom. The van der Waals surface area contributed by atoms with Crippen LogP contribution in [-0.2, 0) is 6.42 Å². The minimum Gasteiger partial charge on any atom is -0.357 e. The van der Waals surface area contributed by atoms with Gasteiger partial charge in [-0.05, 0) is 18.1 Å². The molecular formula is C14H14N2O2. The van der Waals surface area contributed by atoms with Crippen molar-refractivity contribution in [1.29, 1.82) is 0 Å². The van der Waals surface area contributed by atoms with E-state index in [9.17, 15) is 9.59 Å². The molecule has 1 amide bonds. The largest absolute Gasteiger partial charge is 0.357 e. The molecule has 0 aliphatic carbocycles. The summed E-state index contributed by atoms with van der Waals surface area (Å²) < 4.78 is 0. The molecule has 0 unspecified atom stereocenters. The van der Waals surface area contributed by atoms with Crippen LogP contribution in [0.4, 0.5) is 5.69 Å². The predicted molar refractivity (Wildman–Crippen MR) is 70.8 cm³/mol. The van der Waals surface area contributed by atoms with Crippen molar-refractivity contribution in [3.63, 3.8) is 0 Å². The number of hydrogen-bond donors (Lipinski definition) is 2. The van der Waals surface area contributed by atoms with E-state index < -0.39 is 0 Å². The van der Waals surface area contributed by atoms with Gasteiger partial charge in [-0.15, -0.1) is 0 Å². The molecule has 0 saturated carbocycles. The van der Waals surface area contributed by atoms with Crippen LogP contribution in [0.1, 0.15) is 23.0 Å². The number of aromatic amines is 1. The van der Waals surface area contributed by atoms with Gasteiger partial charge in [-0.3, -0.25) is 9.59 Å². The molecule has 2 N–H and O–H groups in total. The highest BCUT2D eigenvalue weighted by Crippen LogP contribution is 2.15. The van der Waals surface area contributed by atoms with Crippen molar-refractivity contribution in [1.82, 2.24) is 4.98 Å². The number of carbonyl (C=O) groups is 1. The first-order valence-electron chi connectivity index (χ1n) is 5.78. The van der Waals surface area contributed by atoms with Crippen molar-refractivity contribution >= 4 is 11.6 Å². The molecule has 18 heavy (non-hydrogen) atoms. The number of pyridine rings is 1. The minimum atomic E-state index is -0.311. The molecule has 1 heterocycles. The Morgan fingerprint density at radius 3 is 2.78 bits per heavy atom. The van der Waals surface area contributed by atoms with Crippen LogP contribution in [0.5, 0.6) is 0 Å². The molecule has 0 radical (unpaired) electrons. The molecule has 4 heteroatoms. The summed E-state index contributed by atoms with van der Waals surface area (Å²) in [5.74, 6) is -0.311. The zero-order chi connectivity index (χ0) is 13.0. The molecule has 2 aromatic rings. The number of hydrogen-bond acceptors (Lipinski definition) is 2. The average molecular weight is 242 g/mol. The number of benzene rings is 1. The van der Waals surface area contributed by atoms with Gasteiger partial charge in [-0.25, -0.2) is 0 Å². The third-order valence-electron chi connectivity index (χ3n) is 2.66. The first-order chi connectivity index (χ1) is 8.70. The van der Waals surface area contributed by atoms with E-state index in [1.54, 1.807) is 0 Å². The van der Waals surface area contributed by atoms with Gasteiger partial charge in [0.25, 0.3) is 5.91 Å². The van der Waals surface area contributed by atoms with Crippen LogP contribution in [0.15, 0.2) is 47.4 Å². The third kappa shape index (κ3) is 2.66. The lowest BCUT2D eigenvalue weighted by atomic mass is 10.1. The third-order valence-corrected chi connectivity index (χ3v) is 2.66. The van der Waals surface area contributed by atoms with E-state index in [2.05, 4.69) is 10.3 Å². The Hall–Kier alpha value is -2.36. The lowest BCUT2D eigenvalue weighted by Crippen LogP contribution is -2.16. The molecule has 0 bridgehead atoms. The predicted octanol–water partition coefficient (Wildman–Crippen LogP) is 2.19. The van der Waals surface area contributed by atoms with E-state index in [1.807, 2.05) is 31.2 Å². The molecule has 0 atom stereocenters. The lowest BCUT2D eigenvalue weighted by Gasteiger charge is -2.09. The Morgan fingerprint density at radius 1 is 1.28 bits per heavy atom. The highest BCUT2D eigenvalue weighted by Gasteiger charge is 2.08. The molecule has 1 aromatic heterocycles. The number of nitrogens with one attached hydrogen (secondary N) is 2. The van der Waals surface area contributed by atoms with Gasteiger partial charge in [-0.1, -0.05) is 25.1 Å². The van der Waals surface area contributed by atoms with Gasteiger partial charge in [0, 0.05) is 24.0 Å².